The first-order valence-corrected chi connectivity index (χ1v) is 6.98. The van der Waals surface area contributed by atoms with Crippen molar-refractivity contribution in [1.29, 1.82) is 0 Å². The molecule has 2 nitrogen and oxygen atoms in total. The van der Waals surface area contributed by atoms with Gasteiger partial charge >= 0.3 is 0 Å². The second kappa shape index (κ2) is 7.05. The number of hydrogen-bond donors (Lipinski definition) is 1. The molecule has 0 atom stereocenters. The van der Waals surface area contributed by atoms with Gasteiger partial charge in [-0.1, -0.05) is 48.9 Å². The molecule has 0 radical (unpaired) electrons. The number of nitrogens with one attached hydrogen (secondary N) is 1. The van der Waals surface area contributed by atoms with Crippen molar-refractivity contribution in [3.8, 4) is 0 Å². The highest BCUT2D eigenvalue weighted by molar-refractivity contribution is 6.08. The predicted octanol–water partition coefficient (Wildman–Crippen LogP) is 3.80. The first kappa shape index (κ1) is 13.8. The van der Waals surface area contributed by atoms with E-state index in [0.29, 0.717) is 6.42 Å². The molecule has 2 aromatic carbocycles. The summed E-state index contributed by atoms with van der Waals surface area (Å²) in [5.74, 6) is 0.265. The summed E-state index contributed by atoms with van der Waals surface area (Å²) in [5, 5.41) is 5.34. The lowest BCUT2D eigenvalue weighted by molar-refractivity contribution is 0.0981. The van der Waals surface area contributed by atoms with Crippen LogP contribution in [-0.4, -0.2) is 19.4 Å². The summed E-state index contributed by atoms with van der Waals surface area (Å²) in [4.78, 5) is 12.3. The van der Waals surface area contributed by atoms with Gasteiger partial charge in [0.25, 0.3) is 0 Å². The molecular formula is C17H21NO. The van der Waals surface area contributed by atoms with Crippen molar-refractivity contribution in [3.05, 3.63) is 48.0 Å². The number of benzene rings is 2. The molecule has 0 saturated heterocycles. The molecule has 0 spiro atoms. The van der Waals surface area contributed by atoms with Crippen LogP contribution in [0.25, 0.3) is 10.8 Å². The lowest BCUT2D eigenvalue weighted by Gasteiger charge is -2.06. The zero-order chi connectivity index (χ0) is 13.5. The van der Waals surface area contributed by atoms with E-state index in [4.69, 9.17) is 0 Å². The molecule has 19 heavy (non-hydrogen) atoms. The Kier molecular flexibility index (Phi) is 5.10. The lowest BCUT2D eigenvalue weighted by atomic mass is 9.98. The van der Waals surface area contributed by atoms with Crippen molar-refractivity contribution >= 4 is 16.6 Å². The second-order valence-corrected chi connectivity index (χ2v) is 4.86. The van der Waals surface area contributed by atoms with Crippen molar-refractivity contribution in [2.24, 2.45) is 0 Å². The molecule has 0 aliphatic rings. The number of carbonyl (C=O) groups excluding carboxylic acids is 1. The van der Waals surface area contributed by atoms with E-state index < -0.39 is 0 Å². The number of rotatable bonds is 7. The first-order valence-electron chi connectivity index (χ1n) is 6.98. The fourth-order valence-electron chi connectivity index (χ4n) is 2.37. The molecule has 0 aliphatic carbocycles. The summed E-state index contributed by atoms with van der Waals surface area (Å²) in [6.45, 7) is 1.03. The van der Waals surface area contributed by atoms with Gasteiger partial charge in [0.15, 0.2) is 5.78 Å². The van der Waals surface area contributed by atoms with Crippen LogP contribution in [0.5, 0.6) is 0 Å². The van der Waals surface area contributed by atoms with Crippen molar-refractivity contribution in [3.63, 3.8) is 0 Å². The quantitative estimate of drug-likeness (QED) is 0.602. The van der Waals surface area contributed by atoms with Crippen molar-refractivity contribution in [2.45, 2.75) is 25.7 Å². The summed E-state index contributed by atoms with van der Waals surface area (Å²) in [6.07, 6.45) is 3.87. The summed E-state index contributed by atoms with van der Waals surface area (Å²) < 4.78 is 0. The van der Waals surface area contributed by atoms with Gasteiger partial charge in [-0.2, -0.15) is 0 Å². The molecule has 0 heterocycles. The molecule has 2 aromatic rings. The van der Waals surface area contributed by atoms with Gasteiger partial charge < -0.3 is 5.32 Å². The number of carbonyl (C=O) groups is 1. The number of Topliss-reactive ketones (excluding diaryl/α,β-unsaturated/α-hetero) is 1. The monoisotopic (exact) mass is 255 g/mol. The summed E-state index contributed by atoms with van der Waals surface area (Å²) in [5.41, 5.74) is 0.867. The zero-order valence-electron chi connectivity index (χ0n) is 11.5. The Hall–Kier alpha value is -1.67. The van der Waals surface area contributed by atoms with E-state index in [0.717, 1.165) is 42.1 Å². The third-order valence-electron chi connectivity index (χ3n) is 3.42. The molecule has 0 aliphatic heterocycles. The molecule has 100 valence electrons. The molecule has 1 N–H and O–H groups in total. The minimum absolute atomic E-state index is 0.265. The van der Waals surface area contributed by atoms with E-state index >= 15 is 0 Å². The first-order chi connectivity index (χ1) is 9.33. The van der Waals surface area contributed by atoms with E-state index in [1.165, 1.54) is 0 Å². The van der Waals surface area contributed by atoms with Crippen LogP contribution in [0.15, 0.2) is 42.5 Å². The molecule has 2 rings (SSSR count). The maximum atomic E-state index is 12.3. The van der Waals surface area contributed by atoms with Gasteiger partial charge in [0, 0.05) is 12.0 Å². The summed E-state index contributed by atoms with van der Waals surface area (Å²) >= 11 is 0. The van der Waals surface area contributed by atoms with Gasteiger partial charge in [0.1, 0.15) is 0 Å². The lowest BCUT2D eigenvalue weighted by Crippen LogP contribution is -2.07. The third-order valence-corrected chi connectivity index (χ3v) is 3.42. The number of ketones is 1. The van der Waals surface area contributed by atoms with Gasteiger partial charge in [-0.3, -0.25) is 4.79 Å². The van der Waals surface area contributed by atoms with Crippen LogP contribution in [0, 0.1) is 0 Å². The van der Waals surface area contributed by atoms with Crippen LogP contribution in [0.3, 0.4) is 0 Å². The van der Waals surface area contributed by atoms with Crippen LogP contribution in [0.2, 0.25) is 0 Å². The van der Waals surface area contributed by atoms with Gasteiger partial charge in [-0.05, 0) is 37.2 Å². The van der Waals surface area contributed by atoms with Crippen molar-refractivity contribution in [1.82, 2.24) is 5.32 Å². The van der Waals surface area contributed by atoms with Gasteiger partial charge in [0.05, 0.1) is 0 Å². The van der Waals surface area contributed by atoms with E-state index in [2.05, 4.69) is 17.4 Å². The molecule has 0 unspecified atom stereocenters. The van der Waals surface area contributed by atoms with Crippen LogP contribution in [-0.2, 0) is 0 Å². The Labute approximate surface area is 114 Å². The molecule has 0 aromatic heterocycles. The highest BCUT2D eigenvalue weighted by atomic mass is 16.1. The molecule has 2 heteroatoms. The standard InChI is InChI=1S/C17H21NO/c1-18-13-6-2-3-12-17(19)16-11-7-9-14-8-4-5-10-15(14)16/h4-5,7-11,18H,2-3,6,12-13H2,1H3. The van der Waals surface area contributed by atoms with E-state index in [-0.39, 0.29) is 5.78 Å². The molecular weight excluding hydrogens is 234 g/mol. The van der Waals surface area contributed by atoms with E-state index in [1.54, 1.807) is 0 Å². The van der Waals surface area contributed by atoms with Crippen LogP contribution >= 0.6 is 0 Å². The number of unbranched alkanes of at least 4 members (excludes halogenated alkanes) is 2. The normalized spacial score (nSPS) is 10.8. The van der Waals surface area contributed by atoms with Crippen molar-refractivity contribution < 1.29 is 4.79 Å². The second-order valence-electron chi connectivity index (χ2n) is 4.86. The largest absolute Gasteiger partial charge is 0.320 e. The third kappa shape index (κ3) is 3.65. The SMILES string of the molecule is CNCCCCCC(=O)c1cccc2ccccc12. The van der Waals surface area contributed by atoms with Gasteiger partial charge in [0.2, 0.25) is 0 Å². The fraction of sp³-hybridized carbons (Fsp3) is 0.353. The maximum absolute atomic E-state index is 12.3. The van der Waals surface area contributed by atoms with Gasteiger partial charge in [-0.15, -0.1) is 0 Å². The fourth-order valence-corrected chi connectivity index (χ4v) is 2.37. The topological polar surface area (TPSA) is 29.1 Å². The van der Waals surface area contributed by atoms with E-state index in [9.17, 15) is 4.79 Å². The van der Waals surface area contributed by atoms with Crippen LogP contribution < -0.4 is 5.32 Å². The average molecular weight is 255 g/mol. The number of hydrogen-bond acceptors (Lipinski definition) is 2. The Bertz CT molecular complexity index is 542. The molecule has 0 saturated carbocycles. The minimum atomic E-state index is 0.265. The Balaban J connectivity index is 2.01. The molecule has 0 bridgehead atoms. The zero-order valence-corrected chi connectivity index (χ0v) is 11.5. The summed E-state index contributed by atoms with van der Waals surface area (Å²) in [7, 11) is 1.96. The Morgan fingerprint density at radius 3 is 2.63 bits per heavy atom. The van der Waals surface area contributed by atoms with Crippen LogP contribution in [0.1, 0.15) is 36.0 Å². The van der Waals surface area contributed by atoms with Crippen LogP contribution in [0.4, 0.5) is 0 Å². The minimum Gasteiger partial charge on any atom is -0.320 e. The predicted molar refractivity (Wildman–Crippen MR) is 80.7 cm³/mol. The highest BCUT2D eigenvalue weighted by Crippen LogP contribution is 2.20. The van der Waals surface area contributed by atoms with Gasteiger partial charge in [-0.25, -0.2) is 0 Å². The molecule has 0 amide bonds. The Morgan fingerprint density at radius 1 is 1.00 bits per heavy atom. The maximum Gasteiger partial charge on any atom is 0.163 e. The van der Waals surface area contributed by atoms with E-state index in [1.807, 2.05) is 37.4 Å². The van der Waals surface area contributed by atoms with Crippen molar-refractivity contribution in [2.75, 3.05) is 13.6 Å². The smallest absolute Gasteiger partial charge is 0.163 e. The summed E-state index contributed by atoms with van der Waals surface area (Å²) in [6, 6.07) is 14.1. The highest BCUT2D eigenvalue weighted by Gasteiger charge is 2.08. The average Bonchev–Trinajstić information content (AvgIpc) is 2.46. The number of fused-ring (bicyclic) bond motifs is 1. The molecule has 0 fully saturated rings. The Morgan fingerprint density at radius 2 is 1.79 bits per heavy atom.